The van der Waals surface area contributed by atoms with E-state index >= 15 is 0 Å². The molecule has 1 aromatic heterocycles. The van der Waals surface area contributed by atoms with Crippen LogP contribution in [0.1, 0.15) is 118 Å². The molecule has 0 radical (unpaired) electrons. The number of benzene rings is 1. The molecule has 22 N–H and O–H groups in total. The Morgan fingerprint density at radius 2 is 0.967 bits per heavy atom. The number of carbonyl (C=O) groups excluding carboxylic acids is 10. The molecule has 0 saturated carbocycles. The molecule has 10 atom stereocenters. The van der Waals surface area contributed by atoms with Crippen LogP contribution in [0, 0.1) is 17.8 Å². The predicted octanol–water partition coefficient (Wildman–Crippen LogP) is -2.97. The molecule has 0 aliphatic carbocycles. The molecule has 32 nitrogen and oxygen atoms in total. The molecular weight excluding hydrogens is 1200 g/mol. The number of rotatable bonds is 43. The number of hydrogen-bond donors (Lipinski definition) is 18. The summed E-state index contributed by atoms with van der Waals surface area (Å²) in [5, 5.41) is 61.7. The summed E-state index contributed by atoms with van der Waals surface area (Å²) in [5.41, 5.74) is 24.1. The smallest absolute Gasteiger partial charge is 0.326 e. The number of H-pyrrole nitrogens is 1. The van der Waals surface area contributed by atoms with Crippen LogP contribution in [0.25, 0.3) is 10.9 Å². The van der Waals surface area contributed by atoms with Crippen molar-refractivity contribution in [3.63, 3.8) is 0 Å². The highest BCUT2D eigenvalue weighted by molar-refractivity contribution is 7.98. The zero-order chi connectivity index (χ0) is 67.9. The summed E-state index contributed by atoms with van der Waals surface area (Å²) in [6.07, 6.45) is -0.454. The molecule has 502 valence electrons. The van der Waals surface area contributed by atoms with Crippen molar-refractivity contribution in [1.82, 2.24) is 52.8 Å². The number of nitrogens with one attached hydrogen (secondary N) is 10. The van der Waals surface area contributed by atoms with Gasteiger partial charge in [-0.05, 0) is 92.8 Å². The molecule has 0 bridgehead atoms. The molecule has 0 unspecified atom stereocenters. The molecule has 10 amide bonds. The number of carboxylic acid groups (broad SMARTS) is 3. The summed E-state index contributed by atoms with van der Waals surface area (Å²) in [6, 6.07) is -8.08. The monoisotopic (exact) mass is 1290 g/mol. The van der Waals surface area contributed by atoms with Gasteiger partial charge in [0.25, 0.3) is 0 Å². The van der Waals surface area contributed by atoms with Gasteiger partial charge in [-0.25, -0.2) is 4.79 Å². The van der Waals surface area contributed by atoms with E-state index in [9.17, 15) is 82.8 Å². The van der Waals surface area contributed by atoms with E-state index in [2.05, 4.69) is 57.8 Å². The number of aromatic nitrogens is 1. The van der Waals surface area contributed by atoms with Crippen LogP contribution in [0.4, 0.5) is 0 Å². The van der Waals surface area contributed by atoms with Crippen LogP contribution in [0.2, 0.25) is 0 Å². The summed E-state index contributed by atoms with van der Waals surface area (Å²) in [6.45, 7) is 9.02. The maximum atomic E-state index is 14.5. The van der Waals surface area contributed by atoms with Gasteiger partial charge < -0.3 is 96.2 Å². The predicted molar refractivity (Wildman–Crippen MR) is 331 cm³/mol. The Labute approximate surface area is 525 Å². The number of nitrogens with zero attached hydrogens (tertiary/aromatic N) is 1. The Hall–Kier alpha value is -8.59. The fourth-order valence-corrected chi connectivity index (χ4v) is 9.57. The Bertz CT molecular complexity index is 2830. The first-order valence-electron chi connectivity index (χ1n) is 29.4. The molecule has 90 heavy (non-hydrogen) atoms. The highest BCUT2D eigenvalue weighted by Gasteiger charge is 2.37. The molecule has 0 aliphatic rings. The number of aliphatic imine (C=N–C) groups is 1. The molecule has 2 rings (SSSR count). The van der Waals surface area contributed by atoms with E-state index in [1.165, 1.54) is 25.6 Å². The van der Waals surface area contributed by atoms with E-state index in [-0.39, 0.29) is 68.6 Å². The second kappa shape index (κ2) is 39.4. The number of hydrogen-bond acceptors (Lipinski definition) is 17. The number of para-hydroxylation sites is 1. The lowest BCUT2D eigenvalue weighted by molar-refractivity contribution is -0.143. The Balaban J connectivity index is 2.54. The number of aromatic amines is 1. The zero-order valence-electron chi connectivity index (χ0n) is 51.8. The number of guanidine groups is 1. The van der Waals surface area contributed by atoms with Gasteiger partial charge in [0.15, 0.2) is 5.96 Å². The summed E-state index contributed by atoms with van der Waals surface area (Å²) in [7, 11) is 0. The number of thioether (sulfide) groups is 1. The zero-order valence-corrected chi connectivity index (χ0v) is 52.6. The van der Waals surface area contributed by atoms with Crippen molar-refractivity contribution in [2.24, 2.45) is 45.7 Å². The third-order valence-electron chi connectivity index (χ3n) is 13.9. The Morgan fingerprint density at radius 1 is 0.533 bits per heavy atom. The van der Waals surface area contributed by atoms with Crippen molar-refractivity contribution >= 4 is 106 Å². The minimum atomic E-state index is -1.80. The molecule has 0 saturated heterocycles. The fourth-order valence-electron chi connectivity index (χ4n) is 9.10. The molecule has 0 spiro atoms. The average molecular weight is 1290 g/mol. The number of carbonyl (C=O) groups is 13. The molecule has 0 aliphatic heterocycles. The molecule has 1 heterocycles. The lowest BCUT2D eigenvalue weighted by Crippen LogP contribution is -2.61. The van der Waals surface area contributed by atoms with Crippen LogP contribution in [0.15, 0.2) is 35.5 Å². The van der Waals surface area contributed by atoms with E-state index in [0.717, 1.165) is 10.9 Å². The minimum Gasteiger partial charge on any atom is -0.481 e. The minimum absolute atomic E-state index is 0.00695. The number of primary amides is 1. The highest BCUT2D eigenvalue weighted by Crippen LogP contribution is 2.20. The number of nitrogens with two attached hydrogens (primary N) is 4. The van der Waals surface area contributed by atoms with Gasteiger partial charge in [-0.2, -0.15) is 11.8 Å². The lowest BCUT2D eigenvalue weighted by atomic mass is 10.0. The van der Waals surface area contributed by atoms with Crippen LogP contribution >= 0.6 is 11.8 Å². The Kier molecular flexibility index (Phi) is 34.0. The molecule has 2 aromatic rings. The largest absolute Gasteiger partial charge is 0.481 e. The second-order valence-corrected chi connectivity index (χ2v) is 23.8. The maximum absolute atomic E-state index is 14.5. The van der Waals surface area contributed by atoms with Gasteiger partial charge in [0.1, 0.15) is 54.4 Å². The van der Waals surface area contributed by atoms with E-state index in [0.29, 0.717) is 5.56 Å². The standard InChI is InChI=1S/C57H91N15O17S/c1-28(2)23-33(58)47(79)69-40(25-31-26-63-34-12-9-8-11-32(31)34)53(85)67-36(14-17-43(59)74)49(81)64-35(13-10-21-62-57(60)61)48(80)68-39(20-22-90-7)51(83)65-37(15-18-44(75)76)50(82)66-38(16-19-45(77)78)52(84)72-46(30(5)6)55(87)71-42(27-73)54(86)70-41(56(88)89)24-29(3)4/h8-9,11-12,26,28-30,33,35-42,46,63,73H,10,13-25,27,58H2,1-7H3,(H2,59,74)(H,64,81)(H,65,83)(H,66,82)(H,67,85)(H,68,80)(H,69,79)(H,70,86)(H,71,87)(H,72,84)(H,75,76)(H,77,78)(H,88,89)(H4,60,61,62)/t33-,35-,36-,37-,38-,39-,40-,41-,42-,46-/m0/s1. The first kappa shape index (κ1) is 77.5. The van der Waals surface area contributed by atoms with Gasteiger partial charge in [0.2, 0.25) is 59.1 Å². The number of aliphatic hydroxyl groups excluding tert-OH is 1. The number of aliphatic hydroxyl groups is 1. The van der Waals surface area contributed by atoms with Crippen molar-refractivity contribution in [1.29, 1.82) is 0 Å². The van der Waals surface area contributed by atoms with Gasteiger partial charge in [0, 0.05) is 49.3 Å². The first-order chi connectivity index (χ1) is 42.3. The van der Waals surface area contributed by atoms with Gasteiger partial charge in [0.05, 0.1) is 12.6 Å². The number of amides is 10. The van der Waals surface area contributed by atoms with Crippen LogP contribution in [-0.2, 0) is 68.7 Å². The lowest BCUT2D eigenvalue weighted by Gasteiger charge is -2.29. The van der Waals surface area contributed by atoms with Crippen LogP contribution in [-0.4, -0.2) is 194 Å². The molecule has 0 fully saturated rings. The second-order valence-electron chi connectivity index (χ2n) is 22.8. The van der Waals surface area contributed by atoms with Crippen molar-refractivity contribution < 1.29 is 82.8 Å². The average Bonchev–Trinajstić information content (AvgIpc) is 2.19. The van der Waals surface area contributed by atoms with Gasteiger partial charge in [-0.15, -0.1) is 0 Å². The Morgan fingerprint density at radius 3 is 1.42 bits per heavy atom. The van der Waals surface area contributed by atoms with Gasteiger partial charge in [-0.3, -0.25) is 62.5 Å². The van der Waals surface area contributed by atoms with Crippen molar-refractivity contribution in [2.75, 3.05) is 25.2 Å². The number of fused-ring (bicyclic) bond motifs is 1. The van der Waals surface area contributed by atoms with Gasteiger partial charge in [-0.1, -0.05) is 59.7 Å². The van der Waals surface area contributed by atoms with Crippen molar-refractivity contribution in [2.45, 2.75) is 179 Å². The molecular formula is C57H91N15O17S. The number of aliphatic carboxylic acids is 3. The molecule has 1 aromatic carbocycles. The summed E-state index contributed by atoms with van der Waals surface area (Å²) >= 11 is 1.24. The summed E-state index contributed by atoms with van der Waals surface area (Å²) in [4.78, 5) is 181. The SMILES string of the molecule is CSCC[C@H](NC(=O)[C@H](CCCN=C(N)N)NC(=O)[C@H](CCC(N)=O)NC(=O)[C@H](Cc1c[nH]c2ccccc12)NC(=O)[C@@H](N)CC(C)C)C(=O)N[C@@H](CCC(=O)O)C(=O)N[C@@H](CCC(=O)O)C(=O)N[C@H](C(=O)N[C@@H](CO)C(=O)N[C@@H](CC(C)C)C(=O)O)C(C)C. The number of carboxylic acids is 3. The summed E-state index contributed by atoms with van der Waals surface area (Å²) < 4.78 is 0. The third kappa shape index (κ3) is 28.3. The van der Waals surface area contributed by atoms with E-state index < -0.39 is 188 Å². The summed E-state index contributed by atoms with van der Waals surface area (Å²) in [5.74, 6) is -15.2. The fraction of sp³-hybridized carbons (Fsp3) is 0.614. The quantitative estimate of drug-likeness (QED) is 0.0179. The topological polar surface area (TPSA) is 543 Å². The van der Waals surface area contributed by atoms with E-state index in [4.69, 9.17) is 22.9 Å². The van der Waals surface area contributed by atoms with Crippen LogP contribution in [0.3, 0.4) is 0 Å². The van der Waals surface area contributed by atoms with E-state index in [1.807, 2.05) is 13.8 Å². The van der Waals surface area contributed by atoms with Crippen molar-refractivity contribution in [3.05, 3.63) is 36.0 Å². The normalized spacial score (nSPS) is 14.6. The van der Waals surface area contributed by atoms with E-state index in [1.54, 1.807) is 50.6 Å². The maximum Gasteiger partial charge on any atom is 0.326 e. The molecule has 33 heteroatoms. The van der Waals surface area contributed by atoms with Gasteiger partial charge >= 0.3 is 17.9 Å². The first-order valence-corrected chi connectivity index (χ1v) is 30.8. The van der Waals surface area contributed by atoms with Crippen LogP contribution < -0.4 is 70.8 Å². The highest BCUT2D eigenvalue weighted by atomic mass is 32.2. The van der Waals surface area contributed by atoms with Crippen molar-refractivity contribution in [3.8, 4) is 0 Å². The third-order valence-corrected chi connectivity index (χ3v) is 14.5. The van der Waals surface area contributed by atoms with Crippen LogP contribution in [0.5, 0.6) is 0 Å².